The molecule has 3 aromatic carbocycles. The van der Waals surface area contributed by atoms with Gasteiger partial charge in [0.25, 0.3) is 10.0 Å². The first kappa shape index (κ1) is 23.8. The summed E-state index contributed by atoms with van der Waals surface area (Å²) < 4.78 is 81.5. The summed E-state index contributed by atoms with van der Waals surface area (Å²) in [5.74, 6) is -2.27. The molecule has 1 atom stereocenters. The van der Waals surface area contributed by atoms with E-state index in [-0.39, 0.29) is 39.1 Å². The molecule has 2 N–H and O–H groups in total. The van der Waals surface area contributed by atoms with Gasteiger partial charge in [-0.3, -0.25) is 0 Å². The van der Waals surface area contributed by atoms with Crippen molar-refractivity contribution >= 4 is 31.5 Å². The van der Waals surface area contributed by atoms with Crippen molar-refractivity contribution in [3.05, 3.63) is 89.0 Å². The van der Waals surface area contributed by atoms with E-state index in [1.165, 1.54) is 24.3 Å². The molecule has 0 bridgehead atoms. The molecule has 0 aliphatic carbocycles. The molecule has 1 heterocycles. The van der Waals surface area contributed by atoms with E-state index in [0.717, 1.165) is 18.4 Å². The van der Waals surface area contributed by atoms with E-state index in [0.29, 0.717) is 5.56 Å². The zero-order chi connectivity index (χ0) is 24.7. The number of sulfone groups is 1. The Morgan fingerprint density at radius 1 is 0.971 bits per heavy atom. The Bertz CT molecular complexity index is 1520. The molecular formula is C23H21F2N3O4S2. The number of nitrogens with zero attached hydrogens (tertiary/aromatic N) is 1. The lowest BCUT2D eigenvalue weighted by molar-refractivity contribution is 0.577. The lowest BCUT2D eigenvalue weighted by Gasteiger charge is -2.26. The van der Waals surface area contributed by atoms with Crippen molar-refractivity contribution in [2.24, 2.45) is 4.99 Å². The van der Waals surface area contributed by atoms with Gasteiger partial charge in [0.1, 0.15) is 16.5 Å². The first-order chi connectivity index (χ1) is 16.0. The molecule has 34 heavy (non-hydrogen) atoms. The topological polar surface area (TPSA) is 105 Å². The summed E-state index contributed by atoms with van der Waals surface area (Å²) in [6.45, 7) is 1.42. The van der Waals surface area contributed by atoms with Crippen LogP contribution in [0.1, 0.15) is 29.5 Å². The summed E-state index contributed by atoms with van der Waals surface area (Å²) in [6.07, 6.45) is 1.07. The molecule has 0 amide bonds. The Hall–Kier alpha value is -3.31. The molecule has 1 aliphatic heterocycles. The van der Waals surface area contributed by atoms with Crippen molar-refractivity contribution in [2.45, 2.75) is 29.2 Å². The van der Waals surface area contributed by atoms with Gasteiger partial charge in [0.05, 0.1) is 17.1 Å². The van der Waals surface area contributed by atoms with E-state index in [1.807, 2.05) is 0 Å². The Morgan fingerprint density at radius 2 is 1.65 bits per heavy atom. The summed E-state index contributed by atoms with van der Waals surface area (Å²) in [7, 11) is -7.65. The van der Waals surface area contributed by atoms with Crippen LogP contribution >= 0.6 is 0 Å². The van der Waals surface area contributed by atoms with Crippen molar-refractivity contribution in [1.29, 1.82) is 0 Å². The number of nitrogens with one attached hydrogen (secondary N) is 2. The van der Waals surface area contributed by atoms with Gasteiger partial charge in [0, 0.05) is 17.7 Å². The summed E-state index contributed by atoms with van der Waals surface area (Å²) in [5, 5.41) is 2.81. The first-order valence-electron chi connectivity index (χ1n) is 10.2. The SMILES string of the molecule is C[C@H](c1ccccc1F)c1c(F)ccc2c1NC(=NCc1ccccc1S(C)(=O)=O)NS2(=O)=O. The molecule has 178 valence electrons. The molecule has 0 saturated carbocycles. The molecule has 0 fully saturated rings. The van der Waals surface area contributed by atoms with Gasteiger partial charge in [0.2, 0.25) is 5.96 Å². The molecule has 7 nitrogen and oxygen atoms in total. The number of hydrogen-bond donors (Lipinski definition) is 2. The smallest absolute Gasteiger partial charge is 0.266 e. The Kier molecular flexibility index (Phi) is 6.17. The number of benzene rings is 3. The highest BCUT2D eigenvalue weighted by Crippen LogP contribution is 2.38. The molecule has 0 spiro atoms. The maximum Gasteiger partial charge on any atom is 0.266 e. The number of rotatable bonds is 5. The average Bonchev–Trinajstić information content (AvgIpc) is 2.76. The predicted octanol–water partition coefficient (Wildman–Crippen LogP) is 3.78. The lowest BCUT2D eigenvalue weighted by atomic mass is 9.91. The summed E-state index contributed by atoms with van der Waals surface area (Å²) in [4.78, 5) is 4.06. The second kappa shape index (κ2) is 8.80. The zero-order valence-electron chi connectivity index (χ0n) is 18.2. The second-order valence-corrected chi connectivity index (χ2v) is 11.5. The van der Waals surface area contributed by atoms with E-state index in [4.69, 9.17) is 0 Å². The maximum absolute atomic E-state index is 15.0. The van der Waals surface area contributed by atoms with Gasteiger partial charge in [0.15, 0.2) is 9.84 Å². The minimum Gasteiger partial charge on any atom is -0.324 e. The van der Waals surface area contributed by atoms with Crippen LogP contribution < -0.4 is 10.0 Å². The van der Waals surface area contributed by atoms with Crippen LogP contribution in [0.5, 0.6) is 0 Å². The molecule has 3 aromatic rings. The number of aliphatic imine (C=N–C) groups is 1. The minimum atomic E-state index is -4.12. The normalized spacial score (nSPS) is 16.9. The highest BCUT2D eigenvalue weighted by molar-refractivity contribution is 7.91. The van der Waals surface area contributed by atoms with Crippen molar-refractivity contribution in [3.8, 4) is 0 Å². The fraction of sp³-hybridized carbons (Fsp3) is 0.174. The highest BCUT2D eigenvalue weighted by Gasteiger charge is 2.32. The molecule has 0 unspecified atom stereocenters. The third kappa shape index (κ3) is 4.53. The standard InChI is InChI=1S/C23H21F2N3O4S2/c1-14(16-8-4-5-9-17(16)24)21-18(25)11-12-20-22(21)27-23(28-34(20,31)32)26-13-15-7-3-6-10-19(15)33(2,29)30/h3-12,14H,13H2,1-2H3,(H2,26,27,28)/t14-/m1/s1. The van der Waals surface area contributed by atoms with Crippen LogP contribution in [0, 0.1) is 11.6 Å². The molecule has 4 rings (SSSR count). The molecule has 0 radical (unpaired) electrons. The third-order valence-electron chi connectivity index (χ3n) is 5.50. The highest BCUT2D eigenvalue weighted by atomic mass is 32.2. The second-order valence-electron chi connectivity index (χ2n) is 7.85. The van der Waals surface area contributed by atoms with Crippen LogP contribution in [0.15, 0.2) is 75.4 Å². The number of anilines is 1. The number of halogens is 2. The molecular weight excluding hydrogens is 484 g/mol. The van der Waals surface area contributed by atoms with Crippen LogP contribution in [-0.4, -0.2) is 29.1 Å². The largest absolute Gasteiger partial charge is 0.324 e. The number of guanidine groups is 1. The quantitative estimate of drug-likeness (QED) is 0.549. The summed E-state index contributed by atoms with van der Waals surface area (Å²) in [5.41, 5.74) is 0.484. The molecule has 0 saturated heterocycles. The van der Waals surface area contributed by atoms with Crippen molar-refractivity contribution in [3.63, 3.8) is 0 Å². The van der Waals surface area contributed by atoms with Crippen molar-refractivity contribution in [1.82, 2.24) is 4.72 Å². The fourth-order valence-corrected chi connectivity index (χ4v) is 5.98. The molecule has 0 aromatic heterocycles. The maximum atomic E-state index is 15.0. The monoisotopic (exact) mass is 505 g/mol. The Balaban J connectivity index is 1.78. The van der Waals surface area contributed by atoms with Gasteiger partial charge in [-0.05, 0) is 35.4 Å². The number of hydrogen-bond acceptors (Lipinski definition) is 5. The number of fused-ring (bicyclic) bond motifs is 1. The van der Waals surface area contributed by atoms with Gasteiger partial charge in [-0.1, -0.05) is 43.3 Å². The average molecular weight is 506 g/mol. The van der Waals surface area contributed by atoms with Crippen LogP contribution in [0.25, 0.3) is 0 Å². The third-order valence-corrected chi connectivity index (χ3v) is 8.08. The van der Waals surface area contributed by atoms with E-state index < -0.39 is 37.4 Å². The van der Waals surface area contributed by atoms with E-state index in [9.17, 15) is 25.6 Å². The lowest BCUT2D eigenvalue weighted by Crippen LogP contribution is -2.41. The van der Waals surface area contributed by atoms with Gasteiger partial charge >= 0.3 is 0 Å². The van der Waals surface area contributed by atoms with Crippen molar-refractivity contribution < 1.29 is 25.6 Å². The van der Waals surface area contributed by atoms with Gasteiger partial charge in [-0.2, -0.15) is 0 Å². The van der Waals surface area contributed by atoms with Crippen LogP contribution in [0.4, 0.5) is 14.5 Å². The Labute approximate surface area is 196 Å². The van der Waals surface area contributed by atoms with Crippen LogP contribution in [0.3, 0.4) is 0 Å². The number of sulfonamides is 1. The van der Waals surface area contributed by atoms with Crippen LogP contribution in [0.2, 0.25) is 0 Å². The van der Waals surface area contributed by atoms with E-state index in [2.05, 4.69) is 15.0 Å². The van der Waals surface area contributed by atoms with Gasteiger partial charge in [-0.25, -0.2) is 35.3 Å². The first-order valence-corrected chi connectivity index (χ1v) is 13.6. The van der Waals surface area contributed by atoms with E-state index >= 15 is 0 Å². The predicted molar refractivity (Wildman–Crippen MR) is 125 cm³/mol. The van der Waals surface area contributed by atoms with Crippen molar-refractivity contribution in [2.75, 3.05) is 11.6 Å². The molecule has 11 heteroatoms. The summed E-state index contributed by atoms with van der Waals surface area (Å²) >= 11 is 0. The zero-order valence-corrected chi connectivity index (χ0v) is 19.8. The summed E-state index contributed by atoms with van der Waals surface area (Å²) in [6, 6.07) is 14.2. The molecule has 1 aliphatic rings. The van der Waals surface area contributed by atoms with Gasteiger partial charge < -0.3 is 5.32 Å². The van der Waals surface area contributed by atoms with E-state index in [1.54, 1.807) is 31.2 Å². The Morgan fingerprint density at radius 3 is 2.35 bits per heavy atom. The minimum absolute atomic E-state index is 0.0306. The fourth-order valence-electron chi connectivity index (χ4n) is 3.89. The van der Waals surface area contributed by atoms with Crippen LogP contribution in [-0.2, 0) is 26.4 Å². The van der Waals surface area contributed by atoms with Gasteiger partial charge in [-0.15, -0.1) is 0 Å².